The molecular formula is C10H10BrF2NO3. The van der Waals surface area contributed by atoms with E-state index >= 15 is 0 Å². The van der Waals surface area contributed by atoms with Crippen molar-refractivity contribution in [3.8, 4) is 5.75 Å². The molecule has 0 fully saturated rings. The summed E-state index contributed by atoms with van der Waals surface area (Å²) in [4.78, 5) is 14.9. The summed E-state index contributed by atoms with van der Waals surface area (Å²) in [7, 11) is 0. The van der Waals surface area contributed by atoms with Crippen LogP contribution in [-0.4, -0.2) is 22.7 Å². The summed E-state index contributed by atoms with van der Waals surface area (Å²) >= 11 is 3.02. The van der Waals surface area contributed by atoms with Gasteiger partial charge in [-0.1, -0.05) is 15.9 Å². The zero-order valence-corrected chi connectivity index (χ0v) is 10.5. The maximum absolute atomic E-state index is 12.7. The smallest absolute Gasteiger partial charge is 0.340 e. The van der Waals surface area contributed by atoms with E-state index in [1.54, 1.807) is 6.92 Å². The van der Waals surface area contributed by atoms with Crippen molar-refractivity contribution in [2.75, 3.05) is 6.61 Å². The first-order valence-corrected chi connectivity index (χ1v) is 5.87. The number of hydrogen-bond acceptors (Lipinski definition) is 4. The van der Waals surface area contributed by atoms with Gasteiger partial charge in [0, 0.05) is 10.9 Å². The van der Waals surface area contributed by atoms with Crippen molar-refractivity contribution in [2.24, 2.45) is 0 Å². The van der Waals surface area contributed by atoms with Gasteiger partial charge in [0.05, 0.1) is 18.4 Å². The second-order valence-corrected chi connectivity index (χ2v) is 3.60. The Morgan fingerprint density at radius 1 is 1.65 bits per heavy atom. The van der Waals surface area contributed by atoms with Gasteiger partial charge in [-0.25, -0.2) is 13.6 Å². The summed E-state index contributed by atoms with van der Waals surface area (Å²) in [5.41, 5.74) is -1.01. The van der Waals surface area contributed by atoms with Gasteiger partial charge in [-0.05, 0) is 6.92 Å². The summed E-state index contributed by atoms with van der Waals surface area (Å²) in [5.74, 6) is -1.24. The standard InChI is InChI=1S/C10H10BrF2NO3/c1-2-17-10(16)7-5(3-11)6(15)4-14-8(7)9(12)13/h4,9,15H,2-3H2,1H3. The normalized spacial score (nSPS) is 10.6. The second kappa shape index (κ2) is 5.90. The number of carbonyl (C=O) groups is 1. The highest BCUT2D eigenvalue weighted by Gasteiger charge is 2.26. The van der Waals surface area contributed by atoms with Crippen LogP contribution in [0, 0.1) is 0 Å². The fourth-order valence-electron chi connectivity index (χ4n) is 1.29. The molecule has 0 aromatic carbocycles. The van der Waals surface area contributed by atoms with Crippen LogP contribution in [-0.2, 0) is 10.1 Å². The van der Waals surface area contributed by atoms with E-state index in [-0.39, 0.29) is 28.8 Å². The lowest BCUT2D eigenvalue weighted by Gasteiger charge is -2.12. The largest absolute Gasteiger partial charge is 0.506 e. The second-order valence-electron chi connectivity index (χ2n) is 3.04. The van der Waals surface area contributed by atoms with E-state index in [0.717, 1.165) is 6.20 Å². The number of carbonyl (C=O) groups excluding carboxylic acids is 1. The van der Waals surface area contributed by atoms with Crippen LogP contribution >= 0.6 is 15.9 Å². The van der Waals surface area contributed by atoms with Gasteiger partial charge in [-0.15, -0.1) is 0 Å². The first kappa shape index (κ1) is 13.8. The summed E-state index contributed by atoms with van der Waals surface area (Å²) in [6, 6.07) is 0. The Kier molecular flexibility index (Phi) is 4.80. The topological polar surface area (TPSA) is 59.4 Å². The van der Waals surface area contributed by atoms with Crippen molar-refractivity contribution in [1.29, 1.82) is 0 Å². The Hall–Kier alpha value is -1.24. The molecule has 0 radical (unpaired) electrons. The number of pyridine rings is 1. The highest BCUT2D eigenvalue weighted by atomic mass is 79.9. The number of aromatic hydroxyl groups is 1. The van der Waals surface area contributed by atoms with Crippen molar-refractivity contribution in [3.05, 3.63) is 23.0 Å². The maximum atomic E-state index is 12.7. The predicted molar refractivity (Wildman–Crippen MR) is 59.4 cm³/mol. The Morgan fingerprint density at radius 3 is 2.76 bits per heavy atom. The molecule has 94 valence electrons. The minimum Gasteiger partial charge on any atom is -0.506 e. The van der Waals surface area contributed by atoms with Crippen LogP contribution < -0.4 is 0 Å². The molecule has 0 unspecified atom stereocenters. The van der Waals surface area contributed by atoms with E-state index in [9.17, 15) is 18.7 Å². The van der Waals surface area contributed by atoms with Crippen LogP contribution in [0.15, 0.2) is 6.20 Å². The molecule has 0 spiro atoms. The van der Waals surface area contributed by atoms with Gasteiger partial charge >= 0.3 is 5.97 Å². The number of nitrogens with zero attached hydrogens (tertiary/aromatic N) is 1. The molecular weight excluding hydrogens is 300 g/mol. The molecule has 0 saturated heterocycles. The first-order chi connectivity index (χ1) is 8.02. The average molecular weight is 310 g/mol. The third kappa shape index (κ3) is 2.91. The lowest BCUT2D eigenvalue weighted by Crippen LogP contribution is -2.13. The van der Waals surface area contributed by atoms with Crippen LogP contribution in [0.4, 0.5) is 8.78 Å². The quantitative estimate of drug-likeness (QED) is 0.686. The summed E-state index contributed by atoms with van der Waals surface area (Å²) in [6.45, 7) is 1.61. The molecule has 1 heterocycles. The van der Waals surface area contributed by atoms with Crippen molar-refractivity contribution < 1.29 is 23.4 Å². The zero-order chi connectivity index (χ0) is 13.0. The number of ether oxygens (including phenoxy) is 1. The monoisotopic (exact) mass is 309 g/mol. The van der Waals surface area contributed by atoms with Gasteiger partial charge in [0.15, 0.2) is 0 Å². The minimum atomic E-state index is -2.91. The number of alkyl halides is 3. The summed E-state index contributed by atoms with van der Waals surface area (Å²) < 4.78 is 30.1. The van der Waals surface area contributed by atoms with Crippen molar-refractivity contribution in [1.82, 2.24) is 4.98 Å². The average Bonchev–Trinajstić information content (AvgIpc) is 2.28. The van der Waals surface area contributed by atoms with E-state index < -0.39 is 18.1 Å². The lowest BCUT2D eigenvalue weighted by molar-refractivity contribution is 0.0511. The van der Waals surface area contributed by atoms with E-state index in [4.69, 9.17) is 0 Å². The highest BCUT2D eigenvalue weighted by Crippen LogP contribution is 2.30. The Bertz CT molecular complexity index is 426. The van der Waals surface area contributed by atoms with E-state index in [1.807, 2.05) is 0 Å². The number of rotatable bonds is 4. The zero-order valence-electron chi connectivity index (χ0n) is 8.91. The van der Waals surface area contributed by atoms with E-state index in [2.05, 4.69) is 25.7 Å². The Balaban J connectivity index is 3.38. The van der Waals surface area contributed by atoms with Crippen LogP contribution in [0.3, 0.4) is 0 Å². The maximum Gasteiger partial charge on any atom is 0.340 e. The number of aromatic nitrogens is 1. The van der Waals surface area contributed by atoms with Gasteiger partial charge in [0.25, 0.3) is 6.43 Å². The molecule has 0 aliphatic carbocycles. The van der Waals surface area contributed by atoms with E-state index in [0.29, 0.717) is 0 Å². The number of halogens is 3. The SMILES string of the molecule is CCOC(=O)c1c(C(F)F)ncc(O)c1CBr. The first-order valence-electron chi connectivity index (χ1n) is 4.74. The van der Waals surface area contributed by atoms with Gasteiger partial charge < -0.3 is 9.84 Å². The fourth-order valence-corrected chi connectivity index (χ4v) is 1.86. The molecule has 0 bridgehead atoms. The Morgan fingerprint density at radius 2 is 2.29 bits per heavy atom. The number of hydrogen-bond donors (Lipinski definition) is 1. The van der Waals surface area contributed by atoms with E-state index in [1.165, 1.54) is 0 Å². The van der Waals surface area contributed by atoms with Gasteiger partial charge in [0.1, 0.15) is 11.4 Å². The van der Waals surface area contributed by atoms with Crippen molar-refractivity contribution in [3.63, 3.8) is 0 Å². The van der Waals surface area contributed by atoms with Crippen LogP contribution in [0.25, 0.3) is 0 Å². The number of esters is 1. The summed E-state index contributed by atoms with van der Waals surface area (Å²) in [5, 5.41) is 9.52. The van der Waals surface area contributed by atoms with Gasteiger partial charge in [0.2, 0.25) is 0 Å². The Labute approximate surface area is 105 Å². The predicted octanol–water partition coefficient (Wildman–Crippen LogP) is 2.80. The molecule has 0 aliphatic heterocycles. The van der Waals surface area contributed by atoms with Crippen molar-refractivity contribution >= 4 is 21.9 Å². The van der Waals surface area contributed by atoms with Gasteiger partial charge in [-0.2, -0.15) is 0 Å². The molecule has 0 saturated carbocycles. The molecule has 1 aromatic rings. The molecule has 4 nitrogen and oxygen atoms in total. The minimum absolute atomic E-state index is 0.0498. The molecule has 0 amide bonds. The molecule has 7 heteroatoms. The molecule has 1 N–H and O–H groups in total. The van der Waals surface area contributed by atoms with Gasteiger partial charge in [-0.3, -0.25) is 4.98 Å². The third-order valence-electron chi connectivity index (χ3n) is 2.01. The molecule has 0 atom stereocenters. The van der Waals surface area contributed by atoms with Crippen LogP contribution in [0.5, 0.6) is 5.75 Å². The summed E-state index contributed by atoms with van der Waals surface area (Å²) in [6.07, 6.45) is -2.02. The lowest BCUT2D eigenvalue weighted by atomic mass is 10.1. The molecule has 1 rings (SSSR count). The van der Waals surface area contributed by atoms with Crippen LogP contribution in [0.1, 0.15) is 35.0 Å². The molecule has 17 heavy (non-hydrogen) atoms. The molecule has 1 aromatic heterocycles. The van der Waals surface area contributed by atoms with Crippen molar-refractivity contribution in [2.45, 2.75) is 18.7 Å². The van der Waals surface area contributed by atoms with Crippen LogP contribution in [0.2, 0.25) is 0 Å². The molecule has 0 aliphatic rings. The third-order valence-corrected chi connectivity index (χ3v) is 2.57. The highest BCUT2D eigenvalue weighted by molar-refractivity contribution is 9.08. The fraction of sp³-hybridized carbons (Fsp3) is 0.400.